The summed E-state index contributed by atoms with van der Waals surface area (Å²) in [7, 11) is 0. The fraction of sp³-hybridized carbons (Fsp3) is 0.643. The van der Waals surface area contributed by atoms with Crippen molar-refractivity contribution in [3.63, 3.8) is 0 Å². The summed E-state index contributed by atoms with van der Waals surface area (Å²) in [5, 5.41) is 16.0. The average molecular weight is 261 g/mol. The van der Waals surface area contributed by atoms with Crippen LogP contribution in [0.15, 0.2) is 12.1 Å². The predicted octanol–water partition coefficient (Wildman–Crippen LogP) is 3.06. The van der Waals surface area contributed by atoms with Crippen molar-refractivity contribution in [2.45, 2.75) is 53.5 Å². The Hall–Kier alpha value is -1.65. The lowest BCUT2D eigenvalue weighted by Crippen LogP contribution is -2.19. The van der Waals surface area contributed by atoms with Crippen LogP contribution in [0.1, 0.15) is 46.4 Å². The SMILES string of the molecule is Cc1nnc2ccc(NC(C)CCC(C)(C)C)nn12. The largest absolute Gasteiger partial charge is 0.366 e. The number of aromatic nitrogens is 4. The Balaban J connectivity index is 2.02. The smallest absolute Gasteiger partial charge is 0.178 e. The lowest BCUT2D eigenvalue weighted by Gasteiger charge is -2.21. The molecular formula is C14H23N5. The number of hydrogen-bond donors (Lipinski definition) is 1. The molecule has 0 aliphatic carbocycles. The first-order chi connectivity index (χ1) is 8.85. The minimum Gasteiger partial charge on any atom is -0.366 e. The second kappa shape index (κ2) is 5.15. The van der Waals surface area contributed by atoms with Gasteiger partial charge in [-0.1, -0.05) is 20.8 Å². The molecule has 0 aliphatic rings. The maximum atomic E-state index is 4.50. The highest BCUT2D eigenvalue weighted by molar-refractivity contribution is 5.44. The fourth-order valence-corrected chi connectivity index (χ4v) is 1.95. The Morgan fingerprint density at radius 1 is 1.26 bits per heavy atom. The molecule has 2 aromatic heterocycles. The van der Waals surface area contributed by atoms with Gasteiger partial charge < -0.3 is 5.32 Å². The second-order valence-corrected chi connectivity index (χ2v) is 6.38. The Labute approximate surface area is 114 Å². The van der Waals surface area contributed by atoms with Crippen molar-refractivity contribution in [3.05, 3.63) is 18.0 Å². The Kier molecular flexibility index (Phi) is 3.73. The first-order valence-electron chi connectivity index (χ1n) is 6.81. The van der Waals surface area contributed by atoms with Crippen molar-refractivity contribution >= 4 is 11.5 Å². The summed E-state index contributed by atoms with van der Waals surface area (Å²) < 4.78 is 1.76. The molecule has 0 radical (unpaired) electrons. The van der Waals surface area contributed by atoms with E-state index in [4.69, 9.17) is 0 Å². The Morgan fingerprint density at radius 2 is 2.00 bits per heavy atom. The van der Waals surface area contributed by atoms with Gasteiger partial charge in [0.05, 0.1) is 0 Å². The highest BCUT2D eigenvalue weighted by Crippen LogP contribution is 2.22. The zero-order valence-electron chi connectivity index (χ0n) is 12.4. The molecule has 0 aromatic carbocycles. The van der Waals surface area contributed by atoms with Crippen LogP contribution in [0.3, 0.4) is 0 Å². The summed E-state index contributed by atoms with van der Waals surface area (Å²) >= 11 is 0. The van der Waals surface area contributed by atoms with Crippen molar-refractivity contribution < 1.29 is 0 Å². The van der Waals surface area contributed by atoms with Crippen LogP contribution < -0.4 is 5.32 Å². The molecule has 2 heterocycles. The molecule has 1 atom stereocenters. The van der Waals surface area contributed by atoms with Gasteiger partial charge in [0.1, 0.15) is 5.82 Å². The van der Waals surface area contributed by atoms with Crippen molar-refractivity contribution in [3.8, 4) is 0 Å². The molecule has 5 nitrogen and oxygen atoms in total. The summed E-state index contributed by atoms with van der Waals surface area (Å²) in [6.07, 6.45) is 2.32. The zero-order valence-corrected chi connectivity index (χ0v) is 12.4. The van der Waals surface area contributed by atoms with Gasteiger partial charge in [-0.2, -0.15) is 4.52 Å². The van der Waals surface area contributed by atoms with Gasteiger partial charge in [0.2, 0.25) is 0 Å². The van der Waals surface area contributed by atoms with Crippen molar-refractivity contribution in [1.82, 2.24) is 19.8 Å². The summed E-state index contributed by atoms with van der Waals surface area (Å²) in [6, 6.07) is 4.30. The molecule has 5 heteroatoms. The normalized spacial score (nSPS) is 13.7. The van der Waals surface area contributed by atoms with E-state index in [1.54, 1.807) is 4.52 Å². The van der Waals surface area contributed by atoms with E-state index in [1.165, 1.54) is 6.42 Å². The number of nitrogens with zero attached hydrogens (tertiary/aromatic N) is 4. The lowest BCUT2D eigenvalue weighted by atomic mass is 9.89. The van der Waals surface area contributed by atoms with Crippen LogP contribution in [-0.2, 0) is 0 Å². The van der Waals surface area contributed by atoms with Crippen LogP contribution >= 0.6 is 0 Å². The van der Waals surface area contributed by atoms with E-state index >= 15 is 0 Å². The summed E-state index contributed by atoms with van der Waals surface area (Å²) in [5.41, 5.74) is 1.16. The molecular weight excluding hydrogens is 238 g/mol. The molecule has 0 spiro atoms. The highest BCUT2D eigenvalue weighted by atomic mass is 15.4. The van der Waals surface area contributed by atoms with Crippen LogP contribution in [0, 0.1) is 12.3 Å². The third kappa shape index (κ3) is 3.66. The van der Waals surface area contributed by atoms with E-state index in [0.29, 0.717) is 11.5 Å². The van der Waals surface area contributed by atoms with Crippen LogP contribution in [0.2, 0.25) is 0 Å². The van der Waals surface area contributed by atoms with Crippen LogP contribution in [-0.4, -0.2) is 25.9 Å². The molecule has 0 amide bonds. The summed E-state index contributed by atoms with van der Waals surface area (Å²) in [4.78, 5) is 0. The number of nitrogens with one attached hydrogen (secondary N) is 1. The van der Waals surface area contributed by atoms with Gasteiger partial charge in [0.25, 0.3) is 0 Å². The van der Waals surface area contributed by atoms with Crippen LogP contribution in [0.4, 0.5) is 5.82 Å². The third-order valence-corrected chi connectivity index (χ3v) is 3.14. The minimum atomic E-state index is 0.373. The maximum Gasteiger partial charge on any atom is 0.178 e. The van der Waals surface area contributed by atoms with E-state index in [0.717, 1.165) is 23.7 Å². The van der Waals surface area contributed by atoms with Gasteiger partial charge in [-0.25, -0.2) is 0 Å². The lowest BCUT2D eigenvalue weighted by molar-refractivity contribution is 0.356. The maximum absolute atomic E-state index is 4.50. The molecule has 1 unspecified atom stereocenters. The minimum absolute atomic E-state index is 0.373. The molecule has 0 aliphatic heterocycles. The van der Waals surface area contributed by atoms with Crippen molar-refractivity contribution in [1.29, 1.82) is 0 Å². The van der Waals surface area contributed by atoms with E-state index in [1.807, 2.05) is 19.1 Å². The molecule has 2 aromatic rings. The monoisotopic (exact) mass is 261 g/mol. The molecule has 19 heavy (non-hydrogen) atoms. The van der Waals surface area contributed by atoms with Crippen LogP contribution in [0.25, 0.3) is 5.65 Å². The number of hydrogen-bond acceptors (Lipinski definition) is 4. The second-order valence-electron chi connectivity index (χ2n) is 6.38. The molecule has 1 N–H and O–H groups in total. The van der Waals surface area contributed by atoms with E-state index in [9.17, 15) is 0 Å². The molecule has 0 bridgehead atoms. The first-order valence-corrected chi connectivity index (χ1v) is 6.81. The molecule has 0 fully saturated rings. The molecule has 2 rings (SSSR count). The molecule has 104 valence electrons. The standard InChI is InChI=1S/C14H23N5/c1-10(8-9-14(3,4)5)15-12-6-7-13-17-16-11(2)19(13)18-12/h6-7,10H,8-9H2,1-5H3,(H,15,18). The third-order valence-electron chi connectivity index (χ3n) is 3.14. The van der Waals surface area contributed by atoms with Crippen LogP contribution in [0.5, 0.6) is 0 Å². The average Bonchev–Trinajstić information content (AvgIpc) is 2.68. The zero-order chi connectivity index (χ0) is 14.0. The number of anilines is 1. The predicted molar refractivity (Wildman–Crippen MR) is 77.3 cm³/mol. The Bertz CT molecular complexity index is 552. The van der Waals surface area contributed by atoms with Crippen molar-refractivity contribution in [2.75, 3.05) is 5.32 Å². The van der Waals surface area contributed by atoms with Gasteiger partial charge in [0.15, 0.2) is 11.5 Å². The van der Waals surface area contributed by atoms with Crippen molar-refractivity contribution in [2.24, 2.45) is 5.41 Å². The number of rotatable bonds is 4. The van der Waals surface area contributed by atoms with Gasteiger partial charge in [0, 0.05) is 6.04 Å². The van der Waals surface area contributed by atoms with Gasteiger partial charge in [-0.3, -0.25) is 0 Å². The first kappa shape index (κ1) is 13.8. The quantitative estimate of drug-likeness (QED) is 0.919. The number of fused-ring (bicyclic) bond motifs is 1. The molecule has 0 saturated heterocycles. The van der Waals surface area contributed by atoms with E-state index < -0.39 is 0 Å². The van der Waals surface area contributed by atoms with E-state index in [-0.39, 0.29) is 0 Å². The van der Waals surface area contributed by atoms with Gasteiger partial charge in [-0.15, -0.1) is 15.3 Å². The van der Waals surface area contributed by atoms with Gasteiger partial charge in [-0.05, 0) is 44.2 Å². The highest BCUT2D eigenvalue weighted by Gasteiger charge is 2.13. The summed E-state index contributed by atoms with van der Waals surface area (Å²) in [6.45, 7) is 10.9. The van der Waals surface area contributed by atoms with E-state index in [2.05, 4.69) is 48.3 Å². The number of aryl methyl sites for hydroxylation is 1. The topological polar surface area (TPSA) is 55.1 Å². The summed E-state index contributed by atoms with van der Waals surface area (Å²) in [5.74, 6) is 1.68. The Morgan fingerprint density at radius 3 is 2.68 bits per heavy atom. The fourth-order valence-electron chi connectivity index (χ4n) is 1.95. The van der Waals surface area contributed by atoms with Gasteiger partial charge >= 0.3 is 0 Å². The molecule has 0 saturated carbocycles.